The summed E-state index contributed by atoms with van der Waals surface area (Å²) < 4.78 is 69.9. The summed E-state index contributed by atoms with van der Waals surface area (Å²) in [6.07, 6.45) is 0. The first-order valence-corrected chi connectivity index (χ1v) is 5.22. The van der Waals surface area contributed by atoms with Crippen LogP contribution in [0.15, 0.2) is 30.3 Å². The standard InChI is InChI=1S/C13H5F5O2/c14-8-7(9(15)11(17)12(18)10(8)16)13(19)20-6-4-2-1-3-5-6/h1-5H. The zero-order valence-corrected chi connectivity index (χ0v) is 9.59. The third-order valence-corrected chi connectivity index (χ3v) is 2.37. The molecular formula is C13H5F5O2. The van der Waals surface area contributed by atoms with E-state index in [-0.39, 0.29) is 5.75 Å². The Morgan fingerprint density at radius 3 is 1.70 bits per heavy atom. The van der Waals surface area contributed by atoms with Crippen molar-refractivity contribution < 1.29 is 31.5 Å². The quantitative estimate of drug-likeness (QED) is 0.277. The van der Waals surface area contributed by atoms with Crippen molar-refractivity contribution in [3.8, 4) is 5.75 Å². The maximum Gasteiger partial charge on any atom is 0.349 e. The average Bonchev–Trinajstić information content (AvgIpc) is 2.44. The van der Waals surface area contributed by atoms with Gasteiger partial charge in [0.1, 0.15) is 11.3 Å². The summed E-state index contributed by atoms with van der Waals surface area (Å²) in [7, 11) is 0. The molecule has 0 bridgehead atoms. The second kappa shape index (κ2) is 5.28. The molecule has 0 aliphatic heterocycles. The summed E-state index contributed by atoms with van der Waals surface area (Å²) in [5.74, 6) is -13.0. The summed E-state index contributed by atoms with van der Waals surface area (Å²) in [4.78, 5) is 11.5. The number of halogens is 5. The van der Waals surface area contributed by atoms with Crippen LogP contribution in [0.1, 0.15) is 10.4 Å². The van der Waals surface area contributed by atoms with Gasteiger partial charge >= 0.3 is 5.97 Å². The SMILES string of the molecule is O=C(Oc1ccccc1)c1c(F)c(F)c(F)c(F)c1F. The van der Waals surface area contributed by atoms with E-state index in [2.05, 4.69) is 4.74 Å². The molecule has 0 aliphatic rings. The molecule has 0 saturated carbocycles. The predicted molar refractivity (Wildman–Crippen MR) is 57.6 cm³/mol. The molecule has 2 rings (SSSR count). The van der Waals surface area contributed by atoms with Crippen molar-refractivity contribution in [3.63, 3.8) is 0 Å². The summed E-state index contributed by atoms with van der Waals surface area (Å²) in [6, 6.07) is 7.06. The third kappa shape index (κ3) is 2.34. The van der Waals surface area contributed by atoms with E-state index in [9.17, 15) is 26.7 Å². The minimum absolute atomic E-state index is 0.0959. The van der Waals surface area contributed by atoms with Crippen molar-refractivity contribution in [3.05, 3.63) is 65.0 Å². The molecule has 7 heteroatoms. The Labute approximate surface area is 109 Å². The van der Waals surface area contributed by atoms with Gasteiger partial charge in [0.15, 0.2) is 23.3 Å². The Morgan fingerprint density at radius 1 is 0.750 bits per heavy atom. The van der Waals surface area contributed by atoms with Crippen molar-refractivity contribution in [2.24, 2.45) is 0 Å². The highest BCUT2D eigenvalue weighted by molar-refractivity contribution is 5.91. The normalized spacial score (nSPS) is 10.4. The van der Waals surface area contributed by atoms with Crippen LogP contribution in [-0.2, 0) is 0 Å². The molecule has 2 aromatic rings. The minimum atomic E-state index is -2.34. The lowest BCUT2D eigenvalue weighted by atomic mass is 10.1. The lowest BCUT2D eigenvalue weighted by molar-refractivity contribution is 0.0721. The largest absolute Gasteiger partial charge is 0.423 e. The molecular weight excluding hydrogens is 283 g/mol. The van der Waals surface area contributed by atoms with Gasteiger partial charge in [-0.3, -0.25) is 0 Å². The van der Waals surface area contributed by atoms with Crippen LogP contribution in [0.25, 0.3) is 0 Å². The Balaban J connectivity index is 2.45. The Hall–Kier alpha value is -2.44. The molecule has 0 aliphatic carbocycles. The molecule has 0 unspecified atom stereocenters. The number of carbonyl (C=O) groups is 1. The van der Waals surface area contributed by atoms with E-state index in [1.165, 1.54) is 24.3 Å². The van der Waals surface area contributed by atoms with Gasteiger partial charge in [-0.05, 0) is 12.1 Å². The minimum Gasteiger partial charge on any atom is -0.423 e. The van der Waals surface area contributed by atoms with Crippen LogP contribution in [0.3, 0.4) is 0 Å². The van der Waals surface area contributed by atoms with Crippen LogP contribution in [0, 0.1) is 29.1 Å². The lowest BCUT2D eigenvalue weighted by Gasteiger charge is -2.08. The van der Waals surface area contributed by atoms with Crippen LogP contribution >= 0.6 is 0 Å². The van der Waals surface area contributed by atoms with E-state index >= 15 is 0 Å². The fourth-order valence-electron chi connectivity index (χ4n) is 1.43. The molecule has 0 saturated heterocycles. The number of benzene rings is 2. The van der Waals surface area contributed by atoms with Crippen molar-refractivity contribution in [1.29, 1.82) is 0 Å². The van der Waals surface area contributed by atoms with Gasteiger partial charge in [0, 0.05) is 0 Å². The highest BCUT2D eigenvalue weighted by Crippen LogP contribution is 2.24. The van der Waals surface area contributed by atoms with E-state index in [1.807, 2.05) is 0 Å². The van der Waals surface area contributed by atoms with Gasteiger partial charge in [-0.15, -0.1) is 0 Å². The molecule has 0 aromatic heterocycles. The van der Waals surface area contributed by atoms with Crippen LogP contribution in [0.5, 0.6) is 5.75 Å². The van der Waals surface area contributed by atoms with Crippen LogP contribution < -0.4 is 4.74 Å². The van der Waals surface area contributed by atoms with Gasteiger partial charge in [0.05, 0.1) is 0 Å². The number of hydrogen-bond donors (Lipinski definition) is 0. The van der Waals surface area contributed by atoms with Crippen LogP contribution in [0.4, 0.5) is 22.0 Å². The van der Waals surface area contributed by atoms with Crippen molar-refractivity contribution in [1.82, 2.24) is 0 Å². The number of hydrogen-bond acceptors (Lipinski definition) is 2. The maximum atomic E-state index is 13.3. The van der Waals surface area contributed by atoms with Crippen LogP contribution in [0.2, 0.25) is 0 Å². The molecule has 0 heterocycles. The average molecular weight is 288 g/mol. The predicted octanol–water partition coefficient (Wildman–Crippen LogP) is 3.60. The molecule has 2 nitrogen and oxygen atoms in total. The van der Waals surface area contributed by atoms with Gasteiger partial charge < -0.3 is 4.74 Å². The van der Waals surface area contributed by atoms with E-state index in [0.29, 0.717) is 0 Å². The molecule has 20 heavy (non-hydrogen) atoms. The Bertz CT molecular complexity index is 641. The third-order valence-electron chi connectivity index (χ3n) is 2.37. The second-order valence-electron chi connectivity index (χ2n) is 3.65. The van der Waals surface area contributed by atoms with E-state index in [0.717, 1.165) is 0 Å². The topological polar surface area (TPSA) is 26.3 Å². The molecule has 0 N–H and O–H groups in total. The maximum absolute atomic E-state index is 13.3. The molecule has 0 fully saturated rings. The van der Waals surface area contributed by atoms with Gasteiger partial charge in [0.25, 0.3) is 0 Å². The monoisotopic (exact) mass is 288 g/mol. The number of para-hydroxylation sites is 1. The summed E-state index contributed by atoms with van der Waals surface area (Å²) in [5, 5.41) is 0. The van der Waals surface area contributed by atoms with Crippen molar-refractivity contribution >= 4 is 5.97 Å². The van der Waals surface area contributed by atoms with Gasteiger partial charge in [-0.25, -0.2) is 26.7 Å². The Morgan fingerprint density at radius 2 is 1.20 bits per heavy atom. The van der Waals surface area contributed by atoms with Gasteiger partial charge in [-0.1, -0.05) is 18.2 Å². The number of rotatable bonds is 2. The smallest absolute Gasteiger partial charge is 0.349 e. The summed E-state index contributed by atoms with van der Waals surface area (Å²) >= 11 is 0. The molecule has 2 aromatic carbocycles. The van der Waals surface area contributed by atoms with Gasteiger partial charge in [-0.2, -0.15) is 0 Å². The molecule has 104 valence electrons. The zero-order chi connectivity index (χ0) is 14.9. The van der Waals surface area contributed by atoms with Crippen molar-refractivity contribution in [2.75, 3.05) is 0 Å². The zero-order valence-electron chi connectivity index (χ0n) is 9.59. The van der Waals surface area contributed by atoms with E-state index < -0.39 is 40.6 Å². The number of esters is 1. The van der Waals surface area contributed by atoms with Crippen LogP contribution in [-0.4, -0.2) is 5.97 Å². The second-order valence-corrected chi connectivity index (χ2v) is 3.65. The lowest BCUT2D eigenvalue weighted by Crippen LogP contribution is -2.17. The molecule has 0 amide bonds. The van der Waals surface area contributed by atoms with Gasteiger partial charge in [0.2, 0.25) is 5.82 Å². The fraction of sp³-hybridized carbons (Fsp3) is 0. The molecule has 0 radical (unpaired) electrons. The first-order valence-electron chi connectivity index (χ1n) is 5.22. The summed E-state index contributed by atoms with van der Waals surface area (Å²) in [5.41, 5.74) is -1.63. The number of carbonyl (C=O) groups excluding carboxylic acids is 1. The molecule has 0 spiro atoms. The number of ether oxygens (including phenoxy) is 1. The molecule has 0 atom stereocenters. The van der Waals surface area contributed by atoms with E-state index in [4.69, 9.17) is 0 Å². The highest BCUT2D eigenvalue weighted by Gasteiger charge is 2.30. The first-order chi connectivity index (χ1) is 9.43. The highest BCUT2D eigenvalue weighted by atomic mass is 19.2. The fourth-order valence-corrected chi connectivity index (χ4v) is 1.43. The Kier molecular flexibility index (Phi) is 3.69. The van der Waals surface area contributed by atoms with Crippen molar-refractivity contribution in [2.45, 2.75) is 0 Å². The summed E-state index contributed by atoms with van der Waals surface area (Å²) in [6.45, 7) is 0. The first kappa shape index (κ1) is 14.0. The van der Waals surface area contributed by atoms with E-state index in [1.54, 1.807) is 6.07 Å².